The van der Waals surface area contributed by atoms with Crippen molar-refractivity contribution in [3.8, 4) is 6.07 Å². The molecule has 25 heavy (non-hydrogen) atoms. The first kappa shape index (κ1) is 22.9. The molecule has 0 aliphatic carbocycles. The Bertz CT molecular complexity index is 648. The van der Waals surface area contributed by atoms with Crippen LogP contribution in [0.3, 0.4) is 0 Å². The quantitative estimate of drug-likeness (QED) is 0.751. The van der Waals surface area contributed by atoms with E-state index in [2.05, 4.69) is 11.4 Å². The molecule has 0 saturated carbocycles. The van der Waals surface area contributed by atoms with Crippen molar-refractivity contribution in [3.63, 3.8) is 0 Å². The topological polar surface area (TPSA) is 105 Å². The number of amides is 1. The first-order chi connectivity index (χ1) is 11.2. The van der Waals surface area contributed by atoms with E-state index >= 15 is 0 Å². The Morgan fingerprint density at radius 1 is 1.32 bits per heavy atom. The molecule has 0 aliphatic heterocycles. The van der Waals surface area contributed by atoms with Crippen LogP contribution in [-0.2, 0) is 19.7 Å². The van der Waals surface area contributed by atoms with Crippen molar-refractivity contribution in [2.24, 2.45) is 5.73 Å². The van der Waals surface area contributed by atoms with E-state index < -0.39 is 12.0 Å². The summed E-state index contributed by atoms with van der Waals surface area (Å²) >= 11 is 0. The zero-order valence-corrected chi connectivity index (χ0v) is 15.9. The van der Waals surface area contributed by atoms with Gasteiger partial charge in [-0.1, -0.05) is 26.8 Å². The molecule has 1 aromatic carbocycles. The molecule has 7 heteroatoms. The van der Waals surface area contributed by atoms with Gasteiger partial charge in [0.25, 0.3) is 0 Å². The second-order valence-corrected chi connectivity index (χ2v) is 6.54. The minimum Gasteiger partial charge on any atom is -0.466 e. The third kappa shape index (κ3) is 7.12. The number of hydrogen-bond acceptors (Lipinski definition) is 5. The van der Waals surface area contributed by atoms with Crippen LogP contribution in [0.15, 0.2) is 18.2 Å². The summed E-state index contributed by atoms with van der Waals surface area (Å²) in [4.78, 5) is 23.6. The van der Waals surface area contributed by atoms with E-state index in [9.17, 15) is 14.9 Å². The number of carbonyl (C=O) groups is 2. The molecular weight excluding hydrogens is 342 g/mol. The molecule has 0 aliphatic rings. The van der Waals surface area contributed by atoms with Crippen molar-refractivity contribution in [3.05, 3.63) is 34.9 Å². The van der Waals surface area contributed by atoms with Gasteiger partial charge in [0.2, 0.25) is 5.91 Å². The molecule has 6 nitrogen and oxygen atoms in total. The largest absolute Gasteiger partial charge is 0.466 e. The number of ether oxygens (including phenoxy) is 1. The molecule has 0 radical (unpaired) electrons. The van der Waals surface area contributed by atoms with Crippen molar-refractivity contribution in [2.75, 3.05) is 13.2 Å². The minimum absolute atomic E-state index is 0. The maximum Gasteiger partial charge on any atom is 0.308 e. The lowest BCUT2D eigenvalue weighted by atomic mass is 9.84. The van der Waals surface area contributed by atoms with Gasteiger partial charge in [0.15, 0.2) is 0 Å². The smallest absolute Gasteiger partial charge is 0.308 e. The fraction of sp³-hybridized carbons (Fsp3) is 0.500. The zero-order chi connectivity index (χ0) is 18.3. The van der Waals surface area contributed by atoms with Gasteiger partial charge < -0.3 is 15.8 Å². The summed E-state index contributed by atoms with van der Waals surface area (Å²) in [5.74, 6) is -0.788. The van der Waals surface area contributed by atoms with Crippen LogP contribution < -0.4 is 11.1 Å². The fourth-order valence-electron chi connectivity index (χ4n) is 2.24. The lowest BCUT2D eigenvalue weighted by molar-refractivity contribution is -0.143. The summed E-state index contributed by atoms with van der Waals surface area (Å²) < 4.78 is 4.98. The van der Waals surface area contributed by atoms with Crippen LogP contribution in [0.4, 0.5) is 0 Å². The number of hydrogen-bond donors (Lipinski definition) is 2. The molecule has 138 valence electrons. The lowest BCUT2D eigenvalue weighted by Gasteiger charge is -2.24. The van der Waals surface area contributed by atoms with Crippen molar-refractivity contribution >= 4 is 24.3 Å². The van der Waals surface area contributed by atoms with Crippen LogP contribution in [0, 0.1) is 11.3 Å². The zero-order valence-electron chi connectivity index (χ0n) is 15.1. The van der Waals surface area contributed by atoms with Crippen LogP contribution in [0.1, 0.15) is 56.8 Å². The number of nitrogens with zero attached hydrogens (tertiary/aromatic N) is 1. The van der Waals surface area contributed by atoms with Gasteiger partial charge in [-0.15, -0.1) is 12.4 Å². The Balaban J connectivity index is 0.00000576. The van der Waals surface area contributed by atoms with E-state index in [4.69, 9.17) is 10.5 Å². The molecule has 3 N–H and O–H groups in total. The van der Waals surface area contributed by atoms with Gasteiger partial charge in [0, 0.05) is 0 Å². The van der Waals surface area contributed by atoms with Gasteiger partial charge in [-0.25, -0.2) is 0 Å². The predicted molar refractivity (Wildman–Crippen MR) is 98.3 cm³/mol. The molecular formula is C18H26ClN3O3. The Kier molecular flexibility index (Phi) is 9.18. The molecule has 0 heterocycles. The highest BCUT2D eigenvalue weighted by Gasteiger charge is 2.22. The van der Waals surface area contributed by atoms with E-state index in [1.807, 2.05) is 32.9 Å². The number of nitrogens with one attached hydrogen (secondary N) is 1. The molecule has 0 spiro atoms. The Hall–Kier alpha value is -2.10. The molecule has 0 saturated heterocycles. The van der Waals surface area contributed by atoms with Gasteiger partial charge in [-0.2, -0.15) is 5.26 Å². The van der Waals surface area contributed by atoms with Crippen LogP contribution in [0.25, 0.3) is 0 Å². The van der Waals surface area contributed by atoms with Gasteiger partial charge in [-0.3, -0.25) is 9.59 Å². The third-order valence-corrected chi connectivity index (χ3v) is 3.55. The van der Waals surface area contributed by atoms with Crippen LogP contribution in [0.2, 0.25) is 0 Å². The van der Waals surface area contributed by atoms with Gasteiger partial charge >= 0.3 is 5.97 Å². The normalized spacial score (nSPS) is 11.7. The molecule has 1 aromatic rings. The summed E-state index contributed by atoms with van der Waals surface area (Å²) in [6, 6.07) is 6.93. The molecule has 0 bridgehead atoms. The highest BCUT2D eigenvalue weighted by molar-refractivity contribution is 5.85. The van der Waals surface area contributed by atoms with E-state index in [1.165, 1.54) is 0 Å². The van der Waals surface area contributed by atoms with Crippen LogP contribution >= 0.6 is 12.4 Å². The molecule has 0 unspecified atom stereocenters. The van der Waals surface area contributed by atoms with Crippen molar-refractivity contribution in [1.82, 2.24) is 5.32 Å². The van der Waals surface area contributed by atoms with Crippen LogP contribution in [0.5, 0.6) is 0 Å². The number of benzene rings is 1. The highest BCUT2D eigenvalue weighted by Crippen LogP contribution is 2.28. The first-order valence-electron chi connectivity index (χ1n) is 7.91. The summed E-state index contributed by atoms with van der Waals surface area (Å²) in [7, 11) is 0. The average Bonchev–Trinajstić information content (AvgIpc) is 2.52. The van der Waals surface area contributed by atoms with Crippen molar-refractivity contribution < 1.29 is 14.3 Å². The number of carbonyl (C=O) groups excluding carboxylic acids is 2. The fourth-order valence-corrected chi connectivity index (χ4v) is 2.24. The molecule has 0 fully saturated rings. The van der Waals surface area contributed by atoms with Crippen LogP contribution in [-0.4, -0.2) is 25.0 Å². The second-order valence-electron chi connectivity index (χ2n) is 6.54. The highest BCUT2D eigenvalue weighted by atomic mass is 35.5. The number of nitriles is 1. The SMILES string of the molecule is CCOC(=O)C[C@H](NC(=O)CN)c1cc(C#N)cc(C(C)(C)C)c1.Cl. The van der Waals surface area contributed by atoms with Gasteiger partial charge in [0.05, 0.1) is 37.2 Å². The molecule has 0 aromatic heterocycles. The summed E-state index contributed by atoms with van der Waals surface area (Å²) in [6.07, 6.45) is -0.0158. The Morgan fingerprint density at radius 3 is 2.44 bits per heavy atom. The molecule has 1 atom stereocenters. The third-order valence-electron chi connectivity index (χ3n) is 3.55. The van der Waals surface area contributed by atoms with E-state index in [0.717, 1.165) is 5.56 Å². The van der Waals surface area contributed by atoms with E-state index in [-0.39, 0.29) is 43.3 Å². The van der Waals surface area contributed by atoms with E-state index in [0.29, 0.717) is 11.1 Å². The monoisotopic (exact) mass is 367 g/mol. The van der Waals surface area contributed by atoms with Crippen molar-refractivity contribution in [1.29, 1.82) is 5.26 Å². The first-order valence-corrected chi connectivity index (χ1v) is 7.91. The van der Waals surface area contributed by atoms with E-state index in [1.54, 1.807) is 13.0 Å². The predicted octanol–water partition coefficient (Wildman–Crippen LogP) is 2.35. The van der Waals surface area contributed by atoms with Crippen molar-refractivity contribution in [2.45, 2.75) is 45.6 Å². The summed E-state index contributed by atoms with van der Waals surface area (Å²) in [5, 5.41) is 12.0. The Morgan fingerprint density at radius 2 is 1.96 bits per heavy atom. The molecule has 1 rings (SSSR count). The number of nitrogens with two attached hydrogens (primary N) is 1. The minimum atomic E-state index is -0.588. The summed E-state index contributed by atoms with van der Waals surface area (Å²) in [6.45, 7) is 7.91. The molecule has 1 amide bonds. The average molecular weight is 368 g/mol. The number of rotatable bonds is 6. The maximum absolute atomic E-state index is 11.9. The summed E-state index contributed by atoms with van der Waals surface area (Å²) in [5.41, 5.74) is 7.31. The maximum atomic E-state index is 11.9. The van der Waals surface area contributed by atoms with Gasteiger partial charge in [0.1, 0.15) is 0 Å². The number of halogens is 1. The second kappa shape index (κ2) is 10.0. The Labute approximate surface area is 155 Å². The van der Waals surface area contributed by atoms with Gasteiger partial charge in [-0.05, 0) is 35.6 Å². The lowest BCUT2D eigenvalue weighted by Crippen LogP contribution is -2.35. The standard InChI is InChI=1S/C18H25N3O3.ClH/c1-5-24-17(23)9-15(21-16(22)11-20)13-6-12(10-19)7-14(8-13)18(2,3)4;/h6-8,15H,5,9,11,20H2,1-4H3,(H,21,22);1H/t15-;/m0./s1. The number of esters is 1.